The van der Waals surface area contributed by atoms with Crippen molar-refractivity contribution in [3.05, 3.63) is 0 Å². The fourth-order valence-corrected chi connectivity index (χ4v) is 1.71. The van der Waals surface area contributed by atoms with Crippen LogP contribution in [0.5, 0.6) is 0 Å². The van der Waals surface area contributed by atoms with Crippen molar-refractivity contribution >= 4 is 22.8 Å². The zero-order chi connectivity index (χ0) is 7.72. The lowest BCUT2D eigenvalue weighted by atomic mass is 10.2. The number of carbonyl (C=O) groups is 2. The van der Waals surface area contributed by atoms with Crippen molar-refractivity contribution < 1.29 is 14.7 Å². The van der Waals surface area contributed by atoms with Crippen LogP contribution < -0.4 is 5.73 Å². The monoisotopic (exact) mass is 161 g/mol. The first-order chi connectivity index (χ1) is 4.61. The first kappa shape index (κ1) is 7.56. The fourth-order valence-electron chi connectivity index (χ4n) is 0.754. The molecule has 1 unspecified atom stereocenters. The third kappa shape index (κ3) is 1.30. The highest BCUT2D eigenvalue weighted by atomic mass is 32.2. The number of carbonyl (C=O) groups excluding carboxylic acids is 1. The van der Waals surface area contributed by atoms with Gasteiger partial charge in [0.2, 0.25) is 5.12 Å². The Bertz CT molecular complexity index is 182. The summed E-state index contributed by atoms with van der Waals surface area (Å²) in [5.74, 6) is -0.952. The molecular weight excluding hydrogens is 154 g/mol. The minimum Gasteiger partial charge on any atom is -0.480 e. The summed E-state index contributed by atoms with van der Waals surface area (Å²) >= 11 is 0.818. The van der Waals surface area contributed by atoms with Crippen molar-refractivity contribution in [1.29, 1.82) is 0 Å². The maximum atomic E-state index is 10.7. The Kier molecular flexibility index (Phi) is 1.96. The Hall–Kier alpha value is -0.550. The van der Waals surface area contributed by atoms with Crippen LogP contribution in [0.3, 0.4) is 0 Å². The second-order valence-electron chi connectivity index (χ2n) is 2.11. The second kappa shape index (κ2) is 2.59. The van der Waals surface area contributed by atoms with Gasteiger partial charge >= 0.3 is 5.97 Å². The first-order valence-electron chi connectivity index (χ1n) is 2.80. The summed E-state index contributed by atoms with van der Waals surface area (Å²) in [6.07, 6.45) is 0.263. The molecule has 3 N–H and O–H groups in total. The molecule has 1 fully saturated rings. The van der Waals surface area contributed by atoms with Gasteiger partial charge < -0.3 is 10.8 Å². The highest BCUT2D eigenvalue weighted by Gasteiger charge is 2.35. The predicted molar refractivity (Wildman–Crippen MR) is 36.6 cm³/mol. The quantitative estimate of drug-likeness (QED) is 0.538. The minimum atomic E-state index is -0.952. The van der Waals surface area contributed by atoms with E-state index < -0.39 is 17.3 Å². The van der Waals surface area contributed by atoms with Gasteiger partial charge in [0.25, 0.3) is 0 Å². The molecule has 10 heavy (non-hydrogen) atoms. The van der Waals surface area contributed by atoms with Crippen molar-refractivity contribution in [2.24, 2.45) is 5.73 Å². The molecule has 0 aromatic carbocycles. The normalized spacial score (nSPS) is 32.7. The number of carboxylic acids is 1. The summed E-state index contributed by atoms with van der Waals surface area (Å²) in [6, 6.07) is -0.578. The lowest BCUT2D eigenvalue weighted by molar-refractivity contribution is -0.136. The number of rotatable bonds is 1. The van der Waals surface area contributed by atoms with E-state index in [1.807, 2.05) is 0 Å². The van der Waals surface area contributed by atoms with Crippen LogP contribution in [0.4, 0.5) is 0 Å². The van der Waals surface area contributed by atoms with E-state index in [4.69, 9.17) is 10.8 Å². The van der Waals surface area contributed by atoms with Crippen LogP contribution in [0.25, 0.3) is 0 Å². The van der Waals surface area contributed by atoms with Gasteiger partial charge in [-0.05, 0) is 6.42 Å². The predicted octanol–water partition coefficient (Wildman–Crippen LogP) is -0.570. The summed E-state index contributed by atoms with van der Waals surface area (Å²) < 4.78 is 0. The van der Waals surface area contributed by atoms with Gasteiger partial charge in [0.15, 0.2) is 0 Å². The molecule has 1 saturated heterocycles. The van der Waals surface area contributed by atoms with Crippen molar-refractivity contribution in [2.75, 3.05) is 0 Å². The maximum Gasteiger partial charge on any atom is 0.317 e. The Morgan fingerprint density at radius 1 is 1.80 bits per heavy atom. The molecule has 0 saturated carbocycles. The Balaban J connectivity index is 2.57. The minimum absolute atomic E-state index is 0.215. The summed E-state index contributed by atoms with van der Waals surface area (Å²) in [6.45, 7) is 0. The number of carboxylic acid groups (broad SMARTS) is 1. The van der Waals surface area contributed by atoms with E-state index in [9.17, 15) is 9.59 Å². The average molecular weight is 161 g/mol. The van der Waals surface area contributed by atoms with Gasteiger partial charge in [-0.1, -0.05) is 11.8 Å². The molecule has 4 nitrogen and oxygen atoms in total. The molecule has 0 aromatic heterocycles. The number of nitrogens with two attached hydrogens (primary N) is 1. The van der Waals surface area contributed by atoms with Crippen LogP contribution in [0.15, 0.2) is 0 Å². The standard InChI is InChI=1S/C5H7NO3S/c6-2-1-3(4(7)8)10-5(2)9/h2-3H,1,6H2,(H,7,8)/t2-,3?/m0/s1. The van der Waals surface area contributed by atoms with Gasteiger partial charge in [-0.15, -0.1) is 0 Å². The smallest absolute Gasteiger partial charge is 0.317 e. The van der Waals surface area contributed by atoms with Crippen molar-refractivity contribution in [3.63, 3.8) is 0 Å². The van der Waals surface area contributed by atoms with Crippen molar-refractivity contribution in [2.45, 2.75) is 17.7 Å². The first-order valence-corrected chi connectivity index (χ1v) is 3.68. The number of hydrogen-bond donors (Lipinski definition) is 2. The van der Waals surface area contributed by atoms with Gasteiger partial charge in [-0.25, -0.2) is 0 Å². The molecule has 1 aliphatic heterocycles. The highest BCUT2D eigenvalue weighted by molar-refractivity contribution is 8.15. The third-order valence-electron chi connectivity index (χ3n) is 1.30. The summed E-state index contributed by atoms with van der Waals surface area (Å²) in [4.78, 5) is 20.9. The van der Waals surface area contributed by atoms with E-state index >= 15 is 0 Å². The molecule has 0 bridgehead atoms. The topological polar surface area (TPSA) is 80.4 Å². The van der Waals surface area contributed by atoms with Gasteiger partial charge in [-0.3, -0.25) is 9.59 Å². The van der Waals surface area contributed by atoms with E-state index in [-0.39, 0.29) is 11.5 Å². The van der Waals surface area contributed by atoms with Crippen molar-refractivity contribution in [1.82, 2.24) is 0 Å². The number of thioether (sulfide) groups is 1. The van der Waals surface area contributed by atoms with Crippen LogP contribution in [-0.4, -0.2) is 27.5 Å². The molecule has 0 radical (unpaired) electrons. The Morgan fingerprint density at radius 3 is 2.60 bits per heavy atom. The number of aliphatic carboxylic acids is 1. The number of hydrogen-bond acceptors (Lipinski definition) is 4. The van der Waals surface area contributed by atoms with Crippen LogP contribution in [0.2, 0.25) is 0 Å². The van der Waals surface area contributed by atoms with Gasteiger partial charge in [0.05, 0.1) is 6.04 Å². The molecule has 1 rings (SSSR count). The van der Waals surface area contributed by atoms with Crippen LogP contribution in [-0.2, 0) is 9.59 Å². The molecule has 5 heteroatoms. The summed E-state index contributed by atoms with van der Waals surface area (Å²) in [5, 5.41) is 7.58. The van der Waals surface area contributed by atoms with E-state index in [0.717, 1.165) is 11.8 Å². The summed E-state index contributed by atoms with van der Waals surface area (Å²) in [5.41, 5.74) is 5.27. The average Bonchev–Trinajstić information content (AvgIpc) is 2.13. The van der Waals surface area contributed by atoms with E-state index in [1.165, 1.54) is 0 Å². The Labute approximate surface area is 61.8 Å². The van der Waals surface area contributed by atoms with Crippen LogP contribution in [0.1, 0.15) is 6.42 Å². The van der Waals surface area contributed by atoms with Crippen LogP contribution in [0, 0.1) is 0 Å². The SMILES string of the molecule is N[C@H]1CC(C(=O)O)SC1=O. The molecule has 56 valence electrons. The molecule has 0 amide bonds. The van der Waals surface area contributed by atoms with Gasteiger partial charge in [0, 0.05) is 0 Å². The zero-order valence-electron chi connectivity index (χ0n) is 5.11. The van der Waals surface area contributed by atoms with Crippen molar-refractivity contribution in [3.8, 4) is 0 Å². The second-order valence-corrected chi connectivity index (χ2v) is 3.31. The van der Waals surface area contributed by atoms with Crippen LogP contribution >= 0.6 is 11.8 Å². The van der Waals surface area contributed by atoms with E-state index in [0.29, 0.717) is 0 Å². The van der Waals surface area contributed by atoms with Gasteiger partial charge in [-0.2, -0.15) is 0 Å². The molecule has 2 atom stereocenters. The maximum absolute atomic E-state index is 10.7. The lowest BCUT2D eigenvalue weighted by Gasteiger charge is -1.97. The third-order valence-corrected chi connectivity index (χ3v) is 2.52. The highest BCUT2D eigenvalue weighted by Crippen LogP contribution is 2.26. The van der Waals surface area contributed by atoms with E-state index in [2.05, 4.69) is 0 Å². The molecule has 1 aliphatic rings. The zero-order valence-corrected chi connectivity index (χ0v) is 5.93. The largest absolute Gasteiger partial charge is 0.480 e. The molecular formula is C5H7NO3S. The summed E-state index contributed by atoms with van der Waals surface area (Å²) in [7, 11) is 0. The molecule has 0 aliphatic carbocycles. The molecule has 0 spiro atoms. The Morgan fingerprint density at radius 2 is 2.40 bits per heavy atom. The van der Waals surface area contributed by atoms with Gasteiger partial charge in [0.1, 0.15) is 5.25 Å². The molecule has 1 heterocycles. The lowest BCUT2D eigenvalue weighted by Crippen LogP contribution is -2.24. The molecule has 0 aromatic rings. The fraction of sp³-hybridized carbons (Fsp3) is 0.600. The van der Waals surface area contributed by atoms with E-state index in [1.54, 1.807) is 0 Å².